The lowest BCUT2D eigenvalue weighted by Crippen LogP contribution is -2.07. The second kappa shape index (κ2) is 5.90. The fourth-order valence-electron chi connectivity index (χ4n) is 1.90. The van der Waals surface area contributed by atoms with Gasteiger partial charge in [0.25, 0.3) is 0 Å². The van der Waals surface area contributed by atoms with Crippen LogP contribution in [-0.2, 0) is 5.75 Å². The van der Waals surface area contributed by atoms with Crippen molar-refractivity contribution < 1.29 is 4.42 Å². The molecule has 0 radical (unpaired) electrons. The van der Waals surface area contributed by atoms with E-state index in [2.05, 4.69) is 29.0 Å². The molecule has 110 valence electrons. The molecule has 0 spiro atoms. The van der Waals surface area contributed by atoms with Gasteiger partial charge in [-0.15, -0.1) is 21.5 Å². The van der Waals surface area contributed by atoms with Crippen LogP contribution in [0.1, 0.15) is 25.6 Å². The van der Waals surface area contributed by atoms with Gasteiger partial charge in [0.1, 0.15) is 6.26 Å². The summed E-state index contributed by atoms with van der Waals surface area (Å²) in [5.74, 6) is 1.76. The SMILES string of the molecule is CC(C)n1c(N)nnc1SCc1coc(-c2cccs2)n1. The second-order valence-electron chi connectivity index (χ2n) is 4.71. The lowest BCUT2D eigenvalue weighted by atomic mass is 10.4. The standard InChI is InChI=1S/C13H15N5OS2/c1-8(2)18-12(14)16-17-13(18)21-7-9-6-19-11(15-9)10-4-3-5-20-10/h3-6,8H,7H2,1-2H3,(H2,14,16). The molecule has 0 aliphatic rings. The van der Waals surface area contributed by atoms with Crippen LogP contribution in [0.3, 0.4) is 0 Å². The quantitative estimate of drug-likeness (QED) is 0.725. The van der Waals surface area contributed by atoms with E-state index < -0.39 is 0 Å². The number of nitrogen functional groups attached to an aromatic ring is 1. The number of nitrogens with two attached hydrogens (primary N) is 1. The molecule has 0 aromatic carbocycles. The molecule has 0 atom stereocenters. The van der Waals surface area contributed by atoms with Crippen molar-refractivity contribution in [3.05, 3.63) is 29.5 Å². The highest BCUT2D eigenvalue weighted by molar-refractivity contribution is 7.98. The molecule has 8 heteroatoms. The summed E-state index contributed by atoms with van der Waals surface area (Å²) in [7, 11) is 0. The average Bonchev–Trinajstić information content (AvgIpc) is 3.16. The van der Waals surface area contributed by atoms with E-state index in [9.17, 15) is 0 Å². The minimum atomic E-state index is 0.224. The molecule has 0 bridgehead atoms. The second-order valence-corrected chi connectivity index (χ2v) is 6.60. The normalized spacial score (nSPS) is 11.4. The molecule has 0 unspecified atom stereocenters. The predicted octanol–water partition coefficient (Wildman–Crippen LogP) is 3.45. The van der Waals surface area contributed by atoms with Gasteiger partial charge in [0, 0.05) is 11.8 Å². The van der Waals surface area contributed by atoms with Crippen LogP contribution in [0.4, 0.5) is 5.95 Å². The van der Waals surface area contributed by atoms with Crippen molar-refractivity contribution in [3.8, 4) is 10.8 Å². The number of anilines is 1. The summed E-state index contributed by atoms with van der Waals surface area (Å²) in [6.07, 6.45) is 1.68. The lowest BCUT2D eigenvalue weighted by Gasteiger charge is -2.10. The van der Waals surface area contributed by atoms with Gasteiger partial charge in [-0.2, -0.15) is 0 Å². The Balaban J connectivity index is 1.71. The highest BCUT2D eigenvalue weighted by Gasteiger charge is 2.14. The number of thiophene rings is 1. The molecule has 0 amide bonds. The smallest absolute Gasteiger partial charge is 0.236 e. The predicted molar refractivity (Wildman–Crippen MR) is 84.2 cm³/mol. The molecule has 3 aromatic heterocycles. The number of hydrogen-bond donors (Lipinski definition) is 1. The fraction of sp³-hybridized carbons (Fsp3) is 0.308. The van der Waals surface area contributed by atoms with E-state index in [1.165, 1.54) is 0 Å². The van der Waals surface area contributed by atoms with E-state index in [4.69, 9.17) is 10.2 Å². The third-order valence-electron chi connectivity index (χ3n) is 2.84. The molecule has 2 N–H and O–H groups in total. The van der Waals surface area contributed by atoms with Crippen LogP contribution in [0.2, 0.25) is 0 Å². The van der Waals surface area contributed by atoms with Crippen LogP contribution >= 0.6 is 23.1 Å². The Morgan fingerprint density at radius 3 is 3.00 bits per heavy atom. The topological polar surface area (TPSA) is 82.8 Å². The highest BCUT2D eigenvalue weighted by Crippen LogP contribution is 2.28. The van der Waals surface area contributed by atoms with Gasteiger partial charge in [0.05, 0.1) is 10.6 Å². The van der Waals surface area contributed by atoms with Crippen molar-refractivity contribution in [1.82, 2.24) is 19.7 Å². The Hall–Kier alpha value is -1.80. The number of nitrogens with zero attached hydrogens (tertiary/aromatic N) is 4. The maximum absolute atomic E-state index is 5.82. The van der Waals surface area contributed by atoms with Gasteiger partial charge in [-0.25, -0.2) is 4.98 Å². The van der Waals surface area contributed by atoms with Crippen molar-refractivity contribution in [2.75, 3.05) is 5.73 Å². The first-order valence-electron chi connectivity index (χ1n) is 6.46. The van der Waals surface area contributed by atoms with Crippen molar-refractivity contribution in [1.29, 1.82) is 0 Å². The van der Waals surface area contributed by atoms with Crippen LogP contribution in [0.5, 0.6) is 0 Å². The number of thioether (sulfide) groups is 1. The molecular formula is C13H15N5OS2. The minimum absolute atomic E-state index is 0.224. The zero-order chi connectivity index (χ0) is 14.8. The number of aromatic nitrogens is 4. The van der Waals surface area contributed by atoms with E-state index in [0.29, 0.717) is 17.6 Å². The van der Waals surface area contributed by atoms with Gasteiger partial charge in [0.15, 0.2) is 5.16 Å². The monoisotopic (exact) mass is 321 g/mol. The zero-order valence-electron chi connectivity index (χ0n) is 11.7. The van der Waals surface area contributed by atoms with Crippen LogP contribution in [-0.4, -0.2) is 19.7 Å². The molecule has 0 saturated carbocycles. The molecule has 3 rings (SSSR count). The summed E-state index contributed by atoms with van der Waals surface area (Å²) in [5, 5.41) is 10.8. The summed E-state index contributed by atoms with van der Waals surface area (Å²) < 4.78 is 7.41. The van der Waals surface area contributed by atoms with E-state index in [1.807, 2.05) is 22.1 Å². The van der Waals surface area contributed by atoms with E-state index in [1.54, 1.807) is 29.4 Å². The van der Waals surface area contributed by atoms with Gasteiger partial charge >= 0.3 is 0 Å². The van der Waals surface area contributed by atoms with E-state index >= 15 is 0 Å². The maximum Gasteiger partial charge on any atom is 0.236 e. The van der Waals surface area contributed by atoms with Gasteiger partial charge in [-0.1, -0.05) is 17.8 Å². The maximum atomic E-state index is 5.82. The summed E-state index contributed by atoms with van der Waals surface area (Å²) in [6, 6.07) is 4.19. The zero-order valence-corrected chi connectivity index (χ0v) is 13.3. The highest BCUT2D eigenvalue weighted by atomic mass is 32.2. The Bertz CT molecular complexity index is 717. The molecule has 3 aromatic rings. The van der Waals surface area contributed by atoms with Crippen LogP contribution in [0.25, 0.3) is 10.8 Å². The van der Waals surface area contributed by atoms with E-state index in [0.717, 1.165) is 15.7 Å². The molecule has 0 aliphatic carbocycles. The number of rotatable bonds is 5. The van der Waals surface area contributed by atoms with Gasteiger partial charge in [-0.05, 0) is 25.3 Å². The Kier molecular flexibility index (Phi) is 3.98. The first-order valence-corrected chi connectivity index (χ1v) is 8.33. The summed E-state index contributed by atoms with van der Waals surface area (Å²) in [5.41, 5.74) is 6.70. The minimum Gasteiger partial charge on any atom is -0.444 e. The van der Waals surface area contributed by atoms with Crippen LogP contribution < -0.4 is 5.73 Å². The molecule has 0 aliphatic heterocycles. The van der Waals surface area contributed by atoms with Gasteiger partial charge < -0.3 is 10.2 Å². The van der Waals surface area contributed by atoms with Crippen molar-refractivity contribution >= 4 is 29.0 Å². The third kappa shape index (κ3) is 2.96. The lowest BCUT2D eigenvalue weighted by molar-refractivity contribution is 0.557. The molecule has 21 heavy (non-hydrogen) atoms. The Labute approximate surface area is 130 Å². The van der Waals surface area contributed by atoms with Crippen molar-refractivity contribution in [2.45, 2.75) is 30.8 Å². The summed E-state index contributed by atoms with van der Waals surface area (Å²) >= 11 is 3.16. The third-order valence-corrected chi connectivity index (χ3v) is 4.67. The van der Waals surface area contributed by atoms with Gasteiger partial charge in [-0.3, -0.25) is 4.57 Å². The van der Waals surface area contributed by atoms with Crippen molar-refractivity contribution in [2.24, 2.45) is 0 Å². The Morgan fingerprint density at radius 2 is 2.29 bits per heavy atom. The molecule has 0 fully saturated rings. The summed E-state index contributed by atoms with van der Waals surface area (Å²) in [6.45, 7) is 4.10. The first-order chi connectivity index (χ1) is 10.1. The molecule has 0 saturated heterocycles. The molecule has 6 nitrogen and oxygen atoms in total. The average molecular weight is 321 g/mol. The number of hydrogen-bond acceptors (Lipinski definition) is 7. The Morgan fingerprint density at radius 1 is 1.43 bits per heavy atom. The molecular weight excluding hydrogens is 306 g/mol. The van der Waals surface area contributed by atoms with Crippen LogP contribution in [0, 0.1) is 0 Å². The van der Waals surface area contributed by atoms with E-state index in [-0.39, 0.29) is 6.04 Å². The number of oxazole rings is 1. The fourth-order valence-corrected chi connectivity index (χ4v) is 3.50. The van der Waals surface area contributed by atoms with Crippen LogP contribution in [0.15, 0.2) is 33.3 Å². The summed E-state index contributed by atoms with van der Waals surface area (Å²) in [4.78, 5) is 5.51. The molecule has 3 heterocycles. The largest absolute Gasteiger partial charge is 0.444 e. The first kappa shape index (κ1) is 14.2. The van der Waals surface area contributed by atoms with Crippen molar-refractivity contribution in [3.63, 3.8) is 0 Å². The van der Waals surface area contributed by atoms with Gasteiger partial charge in [0.2, 0.25) is 11.8 Å².